The zero-order chi connectivity index (χ0) is 13.4. The molecule has 1 aliphatic rings. The Morgan fingerprint density at radius 3 is 2.85 bits per heavy atom. The summed E-state index contributed by atoms with van der Waals surface area (Å²) in [5.74, 6) is 1.14. The van der Waals surface area contributed by atoms with Gasteiger partial charge in [0, 0.05) is 15.9 Å². The van der Waals surface area contributed by atoms with Crippen LogP contribution in [0.2, 0.25) is 0 Å². The molecular weight excluding hydrogens is 302 g/mol. The van der Waals surface area contributed by atoms with Crippen molar-refractivity contribution in [3.05, 3.63) is 54.1 Å². The highest BCUT2D eigenvalue weighted by atomic mass is 32.2. The molecule has 4 heteroatoms. The van der Waals surface area contributed by atoms with Gasteiger partial charge in [0.1, 0.15) is 0 Å². The molecule has 0 spiro atoms. The van der Waals surface area contributed by atoms with E-state index in [4.69, 9.17) is 4.98 Å². The summed E-state index contributed by atoms with van der Waals surface area (Å²) in [7, 11) is 0. The third-order valence-corrected chi connectivity index (χ3v) is 7.25. The van der Waals surface area contributed by atoms with Gasteiger partial charge in [0.15, 0.2) is 4.34 Å². The van der Waals surface area contributed by atoms with E-state index < -0.39 is 0 Å². The van der Waals surface area contributed by atoms with Crippen molar-refractivity contribution >= 4 is 45.1 Å². The van der Waals surface area contributed by atoms with Crippen LogP contribution in [0.5, 0.6) is 0 Å². The minimum atomic E-state index is 0.685. The standard InChI is InChI=1S/C16H13NS3/c1-3-7-14-11(5-1)9-12(19-14)10-18-16-17-13-6-2-4-8-15(13)20-16/h1-8,12H,9-10H2. The van der Waals surface area contributed by atoms with E-state index in [1.165, 1.54) is 25.9 Å². The first-order valence-electron chi connectivity index (χ1n) is 6.61. The summed E-state index contributed by atoms with van der Waals surface area (Å²) >= 11 is 5.73. The molecule has 4 rings (SSSR count). The van der Waals surface area contributed by atoms with Gasteiger partial charge in [-0.1, -0.05) is 42.1 Å². The van der Waals surface area contributed by atoms with Gasteiger partial charge in [-0.25, -0.2) is 4.98 Å². The van der Waals surface area contributed by atoms with Crippen molar-refractivity contribution in [3.8, 4) is 0 Å². The Bertz CT molecular complexity index is 692. The van der Waals surface area contributed by atoms with Gasteiger partial charge in [-0.05, 0) is 30.2 Å². The molecule has 0 saturated carbocycles. The molecule has 1 atom stereocenters. The van der Waals surface area contributed by atoms with Crippen molar-refractivity contribution < 1.29 is 0 Å². The van der Waals surface area contributed by atoms with Crippen molar-refractivity contribution in [1.29, 1.82) is 0 Å². The maximum Gasteiger partial charge on any atom is 0.151 e. The van der Waals surface area contributed by atoms with E-state index in [1.54, 1.807) is 0 Å². The van der Waals surface area contributed by atoms with Crippen molar-refractivity contribution in [3.63, 3.8) is 0 Å². The van der Waals surface area contributed by atoms with Gasteiger partial charge in [0.2, 0.25) is 0 Å². The Kier molecular flexibility index (Phi) is 3.46. The fraction of sp³-hybridized carbons (Fsp3) is 0.188. The Morgan fingerprint density at radius 1 is 1.10 bits per heavy atom. The number of hydrogen-bond acceptors (Lipinski definition) is 4. The molecule has 0 bridgehead atoms. The van der Waals surface area contributed by atoms with Gasteiger partial charge in [0.25, 0.3) is 0 Å². The second-order valence-electron chi connectivity index (χ2n) is 4.81. The normalized spacial score (nSPS) is 17.5. The monoisotopic (exact) mass is 315 g/mol. The van der Waals surface area contributed by atoms with Crippen molar-refractivity contribution in [2.24, 2.45) is 0 Å². The van der Waals surface area contributed by atoms with Crippen molar-refractivity contribution in [1.82, 2.24) is 4.98 Å². The molecule has 0 amide bonds. The number of thiazole rings is 1. The van der Waals surface area contributed by atoms with Crippen LogP contribution in [0, 0.1) is 0 Å². The van der Waals surface area contributed by atoms with E-state index in [0.717, 1.165) is 11.3 Å². The lowest BCUT2D eigenvalue weighted by molar-refractivity contribution is 0.970. The van der Waals surface area contributed by atoms with E-state index in [9.17, 15) is 0 Å². The number of benzene rings is 2. The van der Waals surface area contributed by atoms with E-state index in [-0.39, 0.29) is 0 Å². The molecule has 2 heterocycles. The van der Waals surface area contributed by atoms with Crippen LogP contribution < -0.4 is 0 Å². The number of thioether (sulfide) groups is 2. The summed E-state index contributed by atoms with van der Waals surface area (Å²) in [4.78, 5) is 6.16. The number of hydrogen-bond donors (Lipinski definition) is 0. The van der Waals surface area contributed by atoms with Gasteiger partial charge in [0.05, 0.1) is 10.2 Å². The van der Waals surface area contributed by atoms with E-state index >= 15 is 0 Å². The third-order valence-electron chi connectivity index (χ3n) is 3.38. The van der Waals surface area contributed by atoms with Crippen LogP contribution in [0.25, 0.3) is 10.2 Å². The fourth-order valence-corrected chi connectivity index (χ4v) is 6.00. The first-order chi connectivity index (χ1) is 9.88. The molecule has 0 fully saturated rings. The van der Waals surface area contributed by atoms with Crippen LogP contribution in [0.1, 0.15) is 5.56 Å². The summed E-state index contributed by atoms with van der Waals surface area (Å²) in [6.07, 6.45) is 1.19. The topological polar surface area (TPSA) is 12.9 Å². The van der Waals surface area contributed by atoms with E-state index in [1.807, 2.05) is 34.9 Å². The molecular formula is C16H13NS3. The predicted molar refractivity (Wildman–Crippen MR) is 90.1 cm³/mol. The molecule has 1 aliphatic heterocycles. The fourth-order valence-electron chi connectivity index (χ4n) is 2.42. The molecule has 20 heavy (non-hydrogen) atoms. The second kappa shape index (κ2) is 5.43. The number of para-hydroxylation sites is 1. The summed E-state index contributed by atoms with van der Waals surface area (Å²) in [6.45, 7) is 0. The minimum absolute atomic E-state index is 0.685. The van der Waals surface area contributed by atoms with Crippen LogP contribution in [-0.2, 0) is 6.42 Å². The Hall–Kier alpha value is -0.970. The van der Waals surface area contributed by atoms with Gasteiger partial charge < -0.3 is 0 Å². The zero-order valence-corrected chi connectivity index (χ0v) is 13.2. The quantitative estimate of drug-likeness (QED) is 0.624. The number of fused-ring (bicyclic) bond motifs is 2. The minimum Gasteiger partial charge on any atom is -0.230 e. The Morgan fingerprint density at radius 2 is 1.95 bits per heavy atom. The third kappa shape index (κ3) is 2.48. The number of aromatic nitrogens is 1. The van der Waals surface area contributed by atoms with Gasteiger partial charge >= 0.3 is 0 Å². The molecule has 0 radical (unpaired) electrons. The Labute approximate surface area is 130 Å². The highest BCUT2D eigenvalue weighted by Crippen LogP contribution is 2.40. The number of nitrogens with zero attached hydrogens (tertiary/aromatic N) is 1. The lowest BCUT2D eigenvalue weighted by Crippen LogP contribution is -2.03. The molecule has 0 saturated heterocycles. The van der Waals surface area contributed by atoms with Crippen LogP contribution in [0.4, 0.5) is 0 Å². The van der Waals surface area contributed by atoms with Gasteiger partial charge in [-0.3, -0.25) is 0 Å². The lowest BCUT2D eigenvalue weighted by atomic mass is 10.1. The smallest absolute Gasteiger partial charge is 0.151 e. The summed E-state index contributed by atoms with van der Waals surface area (Å²) in [6, 6.07) is 17.1. The summed E-state index contributed by atoms with van der Waals surface area (Å²) in [5.41, 5.74) is 2.63. The van der Waals surface area contributed by atoms with Gasteiger partial charge in [-0.15, -0.1) is 23.1 Å². The maximum atomic E-state index is 4.70. The molecule has 2 aromatic carbocycles. The highest BCUT2D eigenvalue weighted by molar-refractivity contribution is 8.04. The second-order valence-corrected chi connectivity index (χ2v) is 8.45. The highest BCUT2D eigenvalue weighted by Gasteiger charge is 2.22. The first-order valence-corrected chi connectivity index (χ1v) is 9.29. The summed E-state index contributed by atoms with van der Waals surface area (Å²) in [5, 5.41) is 0.685. The summed E-state index contributed by atoms with van der Waals surface area (Å²) < 4.78 is 2.49. The molecule has 1 unspecified atom stereocenters. The molecule has 0 aliphatic carbocycles. The van der Waals surface area contributed by atoms with Crippen LogP contribution in [-0.4, -0.2) is 16.0 Å². The molecule has 1 nitrogen and oxygen atoms in total. The zero-order valence-electron chi connectivity index (χ0n) is 10.8. The molecule has 0 N–H and O–H groups in total. The average molecular weight is 315 g/mol. The number of rotatable bonds is 3. The van der Waals surface area contributed by atoms with E-state index in [0.29, 0.717) is 5.25 Å². The molecule has 3 aromatic rings. The lowest BCUT2D eigenvalue weighted by Gasteiger charge is -2.05. The van der Waals surface area contributed by atoms with Crippen molar-refractivity contribution in [2.45, 2.75) is 20.9 Å². The maximum absolute atomic E-state index is 4.70. The van der Waals surface area contributed by atoms with Crippen LogP contribution >= 0.6 is 34.9 Å². The average Bonchev–Trinajstić information content (AvgIpc) is 3.07. The van der Waals surface area contributed by atoms with Crippen LogP contribution in [0.15, 0.2) is 57.8 Å². The predicted octanol–water partition coefficient (Wildman–Crippen LogP) is 5.11. The van der Waals surface area contributed by atoms with Gasteiger partial charge in [-0.2, -0.15) is 0 Å². The molecule has 1 aromatic heterocycles. The largest absolute Gasteiger partial charge is 0.230 e. The Balaban J connectivity index is 1.44. The van der Waals surface area contributed by atoms with Crippen molar-refractivity contribution in [2.75, 3.05) is 5.75 Å². The van der Waals surface area contributed by atoms with E-state index in [2.05, 4.69) is 48.5 Å². The SMILES string of the molecule is c1ccc2c(c1)CC(CSc1nc3ccccc3s1)S2. The molecule has 100 valence electrons. The first kappa shape index (κ1) is 12.7. The van der Waals surface area contributed by atoms with Crippen LogP contribution in [0.3, 0.4) is 0 Å².